The highest BCUT2D eigenvalue weighted by Crippen LogP contribution is 2.07. The van der Waals surface area contributed by atoms with Gasteiger partial charge in [0.05, 0.1) is 0 Å². The summed E-state index contributed by atoms with van der Waals surface area (Å²) in [5.74, 6) is 0.594. The second kappa shape index (κ2) is 3.52. The van der Waals surface area contributed by atoms with Crippen molar-refractivity contribution in [3.63, 3.8) is 0 Å². The van der Waals surface area contributed by atoms with E-state index in [2.05, 4.69) is 23.8 Å². The second-order valence-corrected chi connectivity index (χ2v) is 3.44. The van der Waals surface area contributed by atoms with Gasteiger partial charge in [-0.2, -0.15) is 0 Å². The fourth-order valence-electron chi connectivity index (χ4n) is 1.15. The highest BCUT2D eigenvalue weighted by atomic mass is 16.1. The molecule has 0 aliphatic rings. The summed E-state index contributed by atoms with van der Waals surface area (Å²) in [5.41, 5.74) is 1.80. The highest BCUT2D eigenvalue weighted by Gasteiger charge is 2.01. The van der Waals surface area contributed by atoms with Crippen LogP contribution < -0.4 is 5.69 Å². The summed E-state index contributed by atoms with van der Waals surface area (Å²) in [6.45, 7) is 6.19. The van der Waals surface area contributed by atoms with E-state index in [0.29, 0.717) is 5.92 Å². The SMILES string of the molecule is Cc1[nH]c(=O)ncc1CC(C)C. The number of H-pyrrole nitrogens is 1. The normalized spacial score (nSPS) is 10.7. The third-order valence-corrected chi connectivity index (χ3v) is 1.74. The van der Waals surface area contributed by atoms with Crippen LogP contribution in [0.25, 0.3) is 0 Å². The Morgan fingerprint density at radius 3 is 2.75 bits per heavy atom. The molecule has 0 unspecified atom stereocenters. The molecule has 0 saturated heterocycles. The fourth-order valence-corrected chi connectivity index (χ4v) is 1.15. The first kappa shape index (κ1) is 8.97. The fraction of sp³-hybridized carbons (Fsp3) is 0.556. The van der Waals surface area contributed by atoms with Crippen molar-refractivity contribution in [2.75, 3.05) is 0 Å². The Morgan fingerprint density at radius 1 is 1.58 bits per heavy atom. The van der Waals surface area contributed by atoms with Crippen LogP contribution in [0.3, 0.4) is 0 Å². The summed E-state index contributed by atoms with van der Waals surface area (Å²) < 4.78 is 0. The lowest BCUT2D eigenvalue weighted by molar-refractivity contribution is 0.639. The van der Waals surface area contributed by atoms with Gasteiger partial charge in [-0.05, 0) is 24.8 Å². The molecular formula is C9H14N2O. The molecule has 0 amide bonds. The second-order valence-electron chi connectivity index (χ2n) is 3.44. The smallest absolute Gasteiger partial charge is 0.310 e. The molecule has 66 valence electrons. The molecule has 0 spiro atoms. The van der Waals surface area contributed by atoms with Crippen LogP contribution in [0.15, 0.2) is 11.0 Å². The summed E-state index contributed by atoms with van der Waals surface area (Å²) in [5, 5.41) is 0. The number of hydrogen-bond donors (Lipinski definition) is 1. The van der Waals surface area contributed by atoms with Crippen LogP contribution in [-0.4, -0.2) is 9.97 Å². The van der Waals surface area contributed by atoms with E-state index >= 15 is 0 Å². The van der Waals surface area contributed by atoms with E-state index in [-0.39, 0.29) is 5.69 Å². The molecule has 0 atom stereocenters. The molecule has 1 aromatic rings. The number of aromatic amines is 1. The zero-order valence-electron chi connectivity index (χ0n) is 7.72. The number of aromatic nitrogens is 2. The monoisotopic (exact) mass is 166 g/mol. The molecule has 1 heterocycles. The maximum atomic E-state index is 10.8. The molecule has 0 fully saturated rings. The molecular weight excluding hydrogens is 152 g/mol. The van der Waals surface area contributed by atoms with Crippen molar-refractivity contribution >= 4 is 0 Å². The van der Waals surface area contributed by atoms with Crippen LogP contribution in [0, 0.1) is 12.8 Å². The third kappa shape index (κ3) is 2.19. The van der Waals surface area contributed by atoms with Gasteiger partial charge in [0.15, 0.2) is 0 Å². The van der Waals surface area contributed by atoms with Gasteiger partial charge in [0.25, 0.3) is 0 Å². The number of nitrogens with one attached hydrogen (secondary N) is 1. The lowest BCUT2D eigenvalue weighted by Crippen LogP contribution is -2.13. The van der Waals surface area contributed by atoms with Crippen molar-refractivity contribution in [2.45, 2.75) is 27.2 Å². The summed E-state index contributed by atoms with van der Waals surface area (Å²) >= 11 is 0. The molecule has 12 heavy (non-hydrogen) atoms. The van der Waals surface area contributed by atoms with Crippen LogP contribution in [0.4, 0.5) is 0 Å². The summed E-state index contributed by atoms with van der Waals surface area (Å²) in [6, 6.07) is 0. The van der Waals surface area contributed by atoms with Gasteiger partial charge >= 0.3 is 5.69 Å². The molecule has 0 saturated carbocycles. The minimum atomic E-state index is -0.264. The quantitative estimate of drug-likeness (QED) is 0.719. The number of nitrogens with zero attached hydrogens (tertiary/aromatic N) is 1. The third-order valence-electron chi connectivity index (χ3n) is 1.74. The predicted octanol–water partition coefficient (Wildman–Crippen LogP) is 1.28. The maximum absolute atomic E-state index is 10.8. The summed E-state index contributed by atoms with van der Waals surface area (Å²) in [4.78, 5) is 17.1. The highest BCUT2D eigenvalue weighted by molar-refractivity contribution is 5.14. The summed E-state index contributed by atoms with van der Waals surface area (Å²) in [7, 11) is 0. The first-order chi connectivity index (χ1) is 5.59. The van der Waals surface area contributed by atoms with E-state index in [9.17, 15) is 4.79 Å². The standard InChI is InChI=1S/C9H14N2O/c1-6(2)4-8-5-10-9(12)11-7(8)3/h5-6H,4H2,1-3H3,(H,10,11,12). The first-order valence-corrected chi connectivity index (χ1v) is 4.14. The molecule has 1 aromatic heterocycles. The van der Waals surface area contributed by atoms with Crippen LogP contribution in [0.1, 0.15) is 25.1 Å². The Morgan fingerprint density at radius 2 is 2.25 bits per heavy atom. The minimum absolute atomic E-state index is 0.264. The lowest BCUT2D eigenvalue weighted by Gasteiger charge is -2.06. The maximum Gasteiger partial charge on any atom is 0.345 e. The van der Waals surface area contributed by atoms with E-state index in [1.165, 1.54) is 0 Å². The number of hydrogen-bond acceptors (Lipinski definition) is 2. The average Bonchev–Trinajstić information content (AvgIpc) is 1.94. The van der Waals surface area contributed by atoms with E-state index in [4.69, 9.17) is 0 Å². The molecule has 0 aliphatic carbocycles. The molecule has 0 aliphatic heterocycles. The molecule has 1 rings (SSSR count). The Kier molecular flexibility index (Phi) is 2.63. The van der Waals surface area contributed by atoms with Crippen molar-refractivity contribution in [3.05, 3.63) is 27.9 Å². The molecule has 3 heteroatoms. The van der Waals surface area contributed by atoms with Gasteiger partial charge in [0.1, 0.15) is 0 Å². The largest absolute Gasteiger partial charge is 0.345 e. The van der Waals surface area contributed by atoms with Crippen molar-refractivity contribution in [3.8, 4) is 0 Å². The number of rotatable bonds is 2. The van der Waals surface area contributed by atoms with Gasteiger partial charge in [-0.25, -0.2) is 9.78 Å². The summed E-state index contributed by atoms with van der Waals surface area (Å²) in [6.07, 6.45) is 2.63. The van der Waals surface area contributed by atoms with Gasteiger partial charge in [-0.15, -0.1) is 0 Å². The van der Waals surface area contributed by atoms with Gasteiger partial charge in [0, 0.05) is 11.9 Å². The molecule has 0 aromatic carbocycles. The Bertz CT molecular complexity index is 315. The molecule has 1 N–H and O–H groups in total. The number of aryl methyl sites for hydroxylation is 1. The van der Waals surface area contributed by atoms with Gasteiger partial charge < -0.3 is 4.98 Å². The van der Waals surface area contributed by atoms with Gasteiger partial charge in [0.2, 0.25) is 0 Å². The Balaban J connectivity index is 2.94. The zero-order valence-corrected chi connectivity index (χ0v) is 7.72. The van der Waals surface area contributed by atoms with E-state index in [1.54, 1.807) is 6.20 Å². The molecule has 0 radical (unpaired) electrons. The van der Waals surface area contributed by atoms with E-state index in [1.807, 2.05) is 6.92 Å². The van der Waals surface area contributed by atoms with Crippen molar-refractivity contribution < 1.29 is 0 Å². The van der Waals surface area contributed by atoms with Crippen molar-refractivity contribution in [1.29, 1.82) is 0 Å². The Labute approximate surface area is 71.9 Å². The zero-order chi connectivity index (χ0) is 9.14. The van der Waals surface area contributed by atoms with Crippen molar-refractivity contribution in [1.82, 2.24) is 9.97 Å². The predicted molar refractivity (Wildman–Crippen MR) is 48.1 cm³/mol. The van der Waals surface area contributed by atoms with Gasteiger partial charge in [-0.1, -0.05) is 13.8 Å². The van der Waals surface area contributed by atoms with E-state index in [0.717, 1.165) is 17.7 Å². The lowest BCUT2D eigenvalue weighted by atomic mass is 10.0. The van der Waals surface area contributed by atoms with Crippen LogP contribution in [0.2, 0.25) is 0 Å². The van der Waals surface area contributed by atoms with Crippen LogP contribution in [-0.2, 0) is 6.42 Å². The van der Waals surface area contributed by atoms with Gasteiger partial charge in [-0.3, -0.25) is 0 Å². The average molecular weight is 166 g/mol. The van der Waals surface area contributed by atoms with Crippen molar-refractivity contribution in [2.24, 2.45) is 5.92 Å². The topological polar surface area (TPSA) is 45.8 Å². The van der Waals surface area contributed by atoms with Crippen LogP contribution in [0.5, 0.6) is 0 Å². The van der Waals surface area contributed by atoms with E-state index < -0.39 is 0 Å². The minimum Gasteiger partial charge on any atom is -0.310 e. The Hall–Kier alpha value is -1.12. The first-order valence-electron chi connectivity index (χ1n) is 4.14. The van der Waals surface area contributed by atoms with Crippen LogP contribution >= 0.6 is 0 Å². The molecule has 0 bridgehead atoms. The molecule has 3 nitrogen and oxygen atoms in total.